The van der Waals surface area contributed by atoms with Crippen LogP contribution in [0.1, 0.15) is 10.4 Å². The normalized spacial score (nSPS) is 13.2. The number of nitrogens with zero attached hydrogens (tertiary/aromatic N) is 1. The number of ether oxygens (including phenoxy) is 1. The Hall–Kier alpha value is -2.36. The van der Waals surface area contributed by atoms with E-state index in [1.807, 2.05) is 30.3 Å². The van der Waals surface area contributed by atoms with Gasteiger partial charge in [-0.25, -0.2) is 0 Å². The first-order valence-electron chi connectivity index (χ1n) is 5.22. The van der Waals surface area contributed by atoms with Gasteiger partial charge in [0.25, 0.3) is 12.4 Å². The molecule has 0 unspecified atom stereocenters. The number of hydrogen-bond donors (Lipinski definition) is 0. The smallest absolute Gasteiger partial charge is 0.294 e. The summed E-state index contributed by atoms with van der Waals surface area (Å²) in [6, 6.07) is 11.3. The Bertz CT molecular complexity index is 616. The molecule has 4 nitrogen and oxygen atoms in total. The van der Waals surface area contributed by atoms with Crippen LogP contribution in [0.5, 0.6) is 0 Å². The predicted molar refractivity (Wildman–Crippen MR) is 62.8 cm³/mol. The van der Waals surface area contributed by atoms with Crippen LogP contribution >= 0.6 is 0 Å². The average molecular weight is 227 g/mol. The van der Waals surface area contributed by atoms with E-state index in [0.29, 0.717) is 12.0 Å². The maximum absolute atomic E-state index is 12.1. The van der Waals surface area contributed by atoms with Crippen LogP contribution in [0.25, 0.3) is 10.8 Å². The number of benzene rings is 2. The average Bonchev–Trinajstić information content (AvgIpc) is 2.64. The predicted octanol–water partition coefficient (Wildman–Crippen LogP) is 1.93. The van der Waals surface area contributed by atoms with Gasteiger partial charge in [-0.3, -0.25) is 14.5 Å². The van der Waals surface area contributed by atoms with Crippen LogP contribution in [0, 0.1) is 0 Å². The third-order valence-corrected chi connectivity index (χ3v) is 2.92. The van der Waals surface area contributed by atoms with Gasteiger partial charge in [0.1, 0.15) is 0 Å². The summed E-state index contributed by atoms with van der Waals surface area (Å²) < 4.78 is 4.67. The summed E-state index contributed by atoms with van der Waals surface area (Å²) in [6.45, 7) is 0.298. The van der Waals surface area contributed by atoms with E-state index < -0.39 is 0 Å². The lowest BCUT2D eigenvalue weighted by atomic mass is 10.1. The lowest BCUT2D eigenvalue weighted by molar-refractivity contribution is -0.128. The van der Waals surface area contributed by atoms with Crippen LogP contribution in [0.4, 0.5) is 5.69 Å². The Morgan fingerprint density at radius 2 is 1.94 bits per heavy atom. The Kier molecular flexibility index (Phi) is 2.08. The van der Waals surface area contributed by atoms with Crippen LogP contribution in [0.3, 0.4) is 0 Å². The molecule has 0 saturated carbocycles. The van der Waals surface area contributed by atoms with Crippen molar-refractivity contribution < 1.29 is 14.3 Å². The van der Waals surface area contributed by atoms with Gasteiger partial charge in [0.15, 0.2) is 6.73 Å². The van der Waals surface area contributed by atoms with E-state index in [1.54, 1.807) is 6.07 Å². The number of anilines is 1. The molecule has 1 aliphatic heterocycles. The molecule has 1 amide bonds. The Balaban J connectivity index is 2.20. The van der Waals surface area contributed by atoms with Gasteiger partial charge in [0, 0.05) is 10.9 Å². The van der Waals surface area contributed by atoms with E-state index >= 15 is 0 Å². The summed E-state index contributed by atoms with van der Waals surface area (Å²) in [5.74, 6) is -0.126. The molecule has 0 radical (unpaired) electrons. The molecule has 0 fully saturated rings. The van der Waals surface area contributed by atoms with Crippen molar-refractivity contribution in [2.75, 3.05) is 11.6 Å². The van der Waals surface area contributed by atoms with Crippen LogP contribution < -0.4 is 4.90 Å². The highest BCUT2D eigenvalue weighted by molar-refractivity contribution is 6.24. The lowest BCUT2D eigenvalue weighted by Crippen LogP contribution is -2.29. The summed E-state index contributed by atoms with van der Waals surface area (Å²) in [6.07, 6.45) is 0. The van der Waals surface area contributed by atoms with Crippen molar-refractivity contribution in [3.63, 3.8) is 0 Å². The highest BCUT2D eigenvalue weighted by atomic mass is 16.5. The molecule has 0 atom stereocenters. The van der Waals surface area contributed by atoms with Crippen molar-refractivity contribution in [1.82, 2.24) is 0 Å². The fourth-order valence-electron chi connectivity index (χ4n) is 2.21. The van der Waals surface area contributed by atoms with Crippen molar-refractivity contribution in [3.8, 4) is 0 Å². The summed E-state index contributed by atoms with van der Waals surface area (Å²) in [4.78, 5) is 23.8. The van der Waals surface area contributed by atoms with Gasteiger partial charge in [0.2, 0.25) is 0 Å². The number of rotatable bonds is 3. The third-order valence-electron chi connectivity index (χ3n) is 2.92. The van der Waals surface area contributed by atoms with E-state index in [4.69, 9.17) is 0 Å². The second kappa shape index (κ2) is 3.59. The summed E-state index contributed by atoms with van der Waals surface area (Å²) >= 11 is 0. The molecule has 2 aromatic carbocycles. The number of hydrogen-bond acceptors (Lipinski definition) is 3. The zero-order chi connectivity index (χ0) is 11.8. The molecule has 0 bridgehead atoms. The van der Waals surface area contributed by atoms with Crippen LogP contribution in [-0.2, 0) is 9.53 Å². The number of amides is 1. The van der Waals surface area contributed by atoms with Crippen LogP contribution in [-0.4, -0.2) is 19.1 Å². The van der Waals surface area contributed by atoms with Crippen molar-refractivity contribution >= 4 is 28.8 Å². The second-order valence-corrected chi connectivity index (χ2v) is 3.81. The third kappa shape index (κ3) is 1.30. The maximum Gasteiger partial charge on any atom is 0.294 e. The van der Waals surface area contributed by atoms with Crippen molar-refractivity contribution in [3.05, 3.63) is 42.0 Å². The largest absolute Gasteiger partial charge is 0.446 e. The fourth-order valence-corrected chi connectivity index (χ4v) is 2.21. The zero-order valence-electron chi connectivity index (χ0n) is 8.92. The van der Waals surface area contributed by atoms with E-state index in [1.165, 1.54) is 4.90 Å². The maximum atomic E-state index is 12.1. The zero-order valence-corrected chi connectivity index (χ0v) is 8.92. The monoisotopic (exact) mass is 227 g/mol. The highest BCUT2D eigenvalue weighted by Crippen LogP contribution is 2.36. The van der Waals surface area contributed by atoms with Gasteiger partial charge in [-0.05, 0) is 17.5 Å². The molecule has 84 valence electrons. The van der Waals surface area contributed by atoms with Gasteiger partial charge in [-0.1, -0.05) is 24.3 Å². The fraction of sp³-hybridized carbons (Fsp3) is 0.0769. The standard InChI is InChI=1S/C13H9NO3/c15-8-17-7-14-11-6-2-4-9-3-1-5-10(12(9)11)13(14)16/h1-6,8H,7H2. The van der Waals surface area contributed by atoms with Gasteiger partial charge in [-0.2, -0.15) is 0 Å². The molecule has 1 aliphatic rings. The first kappa shape index (κ1) is 9.84. The molecule has 17 heavy (non-hydrogen) atoms. The number of carbonyl (C=O) groups is 2. The SMILES string of the molecule is O=COCN1C(=O)c2cccc3cccc1c23. The van der Waals surface area contributed by atoms with Gasteiger partial charge in [0.05, 0.1) is 5.69 Å². The molecule has 0 spiro atoms. The van der Waals surface area contributed by atoms with Gasteiger partial charge in [-0.15, -0.1) is 0 Å². The summed E-state index contributed by atoms with van der Waals surface area (Å²) in [7, 11) is 0. The molecule has 0 aliphatic carbocycles. The molecular weight excluding hydrogens is 218 g/mol. The van der Waals surface area contributed by atoms with Crippen molar-refractivity contribution in [1.29, 1.82) is 0 Å². The van der Waals surface area contributed by atoms with E-state index in [0.717, 1.165) is 16.5 Å². The Labute approximate surface area is 97.4 Å². The minimum absolute atomic E-state index is 0.0455. The topological polar surface area (TPSA) is 46.6 Å². The minimum Gasteiger partial charge on any atom is -0.446 e. The molecule has 1 heterocycles. The molecular formula is C13H9NO3. The molecule has 3 rings (SSSR count). The quantitative estimate of drug-likeness (QED) is 0.753. The van der Waals surface area contributed by atoms with Crippen LogP contribution in [0.15, 0.2) is 36.4 Å². The Morgan fingerprint density at radius 3 is 2.71 bits per heavy atom. The van der Waals surface area contributed by atoms with Gasteiger partial charge < -0.3 is 4.74 Å². The second-order valence-electron chi connectivity index (χ2n) is 3.81. The molecule has 0 saturated heterocycles. The van der Waals surface area contributed by atoms with Crippen molar-refractivity contribution in [2.45, 2.75) is 0 Å². The Morgan fingerprint density at radius 1 is 1.18 bits per heavy atom. The van der Waals surface area contributed by atoms with E-state index in [2.05, 4.69) is 4.74 Å². The first-order chi connectivity index (χ1) is 8.33. The summed E-state index contributed by atoms with van der Waals surface area (Å²) in [5, 5.41) is 1.94. The van der Waals surface area contributed by atoms with Gasteiger partial charge >= 0.3 is 0 Å². The first-order valence-corrected chi connectivity index (χ1v) is 5.22. The molecule has 0 aromatic heterocycles. The van der Waals surface area contributed by atoms with E-state index in [-0.39, 0.29) is 12.6 Å². The minimum atomic E-state index is -0.126. The lowest BCUT2D eigenvalue weighted by Gasteiger charge is -2.15. The highest BCUT2D eigenvalue weighted by Gasteiger charge is 2.29. The molecule has 0 N–H and O–H groups in total. The molecule has 2 aromatic rings. The number of carbonyl (C=O) groups excluding carboxylic acids is 2. The summed E-state index contributed by atoms with van der Waals surface area (Å²) in [5.41, 5.74) is 1.46. The van der Waals surface area contributed by atoms with E-state index in [9.17, 15) is 9.59 Å². The molecule has 4 heteroatoms. The van der Waals surface area contributed by atoms with Crippen molar-refractivity contribution in [2.24, 2.45) is 0 Å². The van der Waals surface area contributed by atoms with Crippen LogP contribution in [0.2, 0.25) is 0 Å².